The molecule has 182 valence electrons. The Morgan fingerprint density at radius 1 is 1.00 bits per heavy atom. The topological polar surface area (TPSA) is 58.1 Å². The summed E-state index contributed by atoms with van der Waals surface area (Å²) in [5.41, 5.74) is 4.70. The molecule has 0 unspecified atom stereocenters. The van der Waals surface area contributed by atoms with Crippen LogP contribution in [0, 0.1) is 0 Å². The highest BCUT2D eigenvalue weighted by Crippen LogP contribution is 2.33. The molecule has 36 heavy (non-hydrogen) atoms. The van der Waals surface area contributed by atoms with E-state index in [0.717, 1.165) is 55.0 Å². The molecule has 1 aliphatic rings. The second-order valence-corrected chi connectivity index (χ2v) is 8.60. The Morgan fingerprint density at radius 2 is 1.81 bits per heavy atom. The minimum absolute atomic E-state index is 0.317. The summed E-state index contributed by atoms with van der Waals surface area (Å²) < 4.78 is 38.8. The van der Waals surface area contributed by atoms with Gasteiger partial charge in [0.15, 0.2) is 0 Å². The Morgan fingerprint density at radius 3 is 2.56 bits per heavy atom. The second kappa shape index (κ2) is 9.81. The van der Waals surface area contributed by atoms with Crippen LogP contribution in [0.15, 0.2) is 85.3 Å². The van der Waals surface area contributed by atoms with Crippen LogP contribution in [0.4, 0.5) is 24.5 Å². The van der Waals surface area contributed by atoms with Gasteiger partial charge in [0, 0.05) is 55.0 Å². The number of anilines is 2. The Bertz CT molecular complexity index is 1370. The van der Waals surface area contributed by atoms with Gasteiger partial charge in [0.2, 0.25) is 0 Å². The number of benzene rings is 3. The van der Waals surface area contributed by atoms with Crippen molar-refractivity contribution in [1.29, 1.82) is 0 Å². The molecule has 4 aromatic rings. The van der Waals surface area contributed by atoms with E-state index in [1.807, 2.05) is 18.2 Å². The van der Waals surface area contributed by atoms with Crippen molar-refractivity contribution >= 4 is 17.3 Å². The van der Waals surface area contributed by atoms with Crippen molar-refractivity contribution in [2.75, 3.05) is 23.3 Å². The first-order valence-corrected chi connectivity index (χ1v) is 11.6. The number of alkyl halides is 3. The number of hydrogen-bond acceptors (Lipinski definition) is 4. The minimum Gasteiger partial charge on any atom is -0.371 e. The van der Waals surface area contributed by atoms with E-state index in [1.54, 1.807) is 42.9 Å². The fraction of sp³-hybridized carbons (Fsp3) is 0.179. The number of hydrogen-bond donors (Lipinski definition) is 1. The molecule has 0 radical (unpaired) electrons. The number of amides is 1. The quantitative estimate of drug-likeness (QED) is 0.361. The molecule has 0 saturated carbocycles. The Balaban J connectivity index is 1.30. The standard InChI is InChI=1S/C28H23F3N4O/c29-28(30,31)21-7-5-19(6-8-21)24-3-1-2-4-25(24)27(36)34-22-9-10-26-20(17-22)11-15-35(26)16-12-23-18-32-13-14-33-23/h1-10,13-14,17-18H,11-12,15-16H2,(H,34,36). The van der Waals surface area contributed by atoms with E-state index in [9.17, 15) is 18.0 Å². The van der Waals surface area contributed by atoms with Crippen LogP contribution in [-0.2, 0) is 19.0 Å². The molecule has 0 fully saturated rings. The third-order valence-corrected chi connectivity index (χ3v) is 6.28. The van der Waals surface area contributed by atoms with Crippen molar-refractivity contribution in [3.05, 3.63) is 108 Å². The number of fused-ring (bicyclic) bond motifs is 1. The molecule has 3 aromatic carbocycles. The number of aromatic nitrogens is 2. The van der Waals surface area contributed by atoms with Crippen LogP contribution in [0.25, 0.3) is 11.1 Å². The van der Waals surface area contributed by atoms with Crippen molar-refractivity contribution in [2.24, 2.45) is 0 Å². The summed E-state index contributed by atoms with van der Waals surface area (Å²) >= 11 is 0. The smallest absolute Gasteiger partial charge is 0.371 e. The third kappa shape index (κ3) is 5.07. The van der Waals surface area contributed by atoms with Crippen LogP contribution >= 0.6 is 0 Å². The maximum absolute atomic E-state index is 13.1. The summed E-state index contributed by atoms with van der Waals surface area (Å²) in [5, 5.41) is 2.95. The van der Waals surface area contributed by atoms with Gasteiger partial charge in [-0.05, 0) is 59.5 Å². The highest BCUT2D eigenvalue weighted by molar-refractivity contribution is 6.08. The summed E-state index contributed by atoms with van der Waals surface area (Å²) in [5.74, 6) is -0.317. The number of nitrogens with zero attached hydrogens (tertiary/aromatic N) is 3. The van der Waals surface area contributed by atoms with Gasteiger partial charge in [0.1, 0.15) is 0 Å². The average molecular weight is 489 g/mol. The molecule has 1 N–H and O–H groups in total. The lowest BCUT2D eigenvalue weighted by Gasteiger charge is -2.19. The molecule has 0 atom stereocenters. The SMILES string of the molecule is O=C(Nc1ccc2c(c1)CCN2CCc1cnccn1)c1ccccc1-c1ccc(C(F)(F)F)cc1. The zero-order chi connectivity index (χ0) is 25.1. The molecule has 5 rings (SSSR count). The van der Waals surface area contributed by atoms with Crippen LogP contribution in [-0.4, -0.2) is 29.0 Å². The van der Waals surface area contributed by atoms with Crippen LogP contribution in [0.5, 0.6) is 0 Å². The summed E-state index contributed by atoms with van der Waals surface area (Å²) in [7, 11) is 0. The molecule has 1 amide bonds. The van der Waals surface area contributed by atoms with Gasteiger partial charge in [-0.1, -0.05) is 30.3 Å². The van der Waals surface area contributed by atoms with Crippen molar-refractivity contribution < 1.29 is 18.0 Å². The molecule has 0 spiro atoms. The second-order valence-electron chi connectivity index (χ2n) is 8.60. The summed E-state index contributed by atoms with van der Waals surface area (Å²) in [6, 6.07) is 17.6. The van der Waals surface area contributed by atoms with Gasteiger partial charge in [-0.15, -0.1) is 0 Å². The number of halogens is 3. The predicted octanol–water partition coefficient (Wildman–Crippen LogP) is 6.02. The van der Waals surface area contributed by atoms with Crippen LogP contribution in [0.1, 0.15) is 27.2 Å². The monoisotopic (exact) mass is 488 g/mol. The van der Waals surface area contributed by atoms with Crippen molar-refractivity contribution in [2.45, 2.75) is 19.0 Å². The van der Waals surface area contributed by atoms with E-state index in [4.69, 9.17) is 0 Å². The molecule has 1 aliphatic heterocycles. The lowest BCUT2D eigenvalue weighted by atomic mass is 9.98. The molecule has 2 heterocycles. The zero-order valence-electron chi connectivity index (χ0n) is 19.3. The molecule has 0 aliphatic carbocycles. The average Bonchev–Trinajstić information content (AvgIpc) is 3.30. The highest BCUT2D eigenvalue weighted by atomic mass is 19.4. The summed E-state index contributed by atoms with van der Waals surface area (Å²) in [4.78, 5) is 23.9. The van der Waals surface area contributed by atoms with Gasteiger partial charge in [-0.3, -0.25) is 14.8 Å². The maximum Gasteiger partial charge on any atom is 0.416 e. The van der Waals surface area contributed by atoms with Gasteiger partial charge in [-0.2, -0.15) is 13.2 Å². The molecular formula is C28H23F3N4O. The van der Waals surface area contributed by atoms with E-state index < -0.39 is 11.7 Å². The van der Waals surface area contributed by atoms with Crippen LogP contribution < -0.4 is 10.2 Å². The van der Waals surface area contributed by atoms with E-state index in [2.05, 4.69) is 20.2 Å². The number of rotatable bonds is 6. The third-order valence-electron chi connectivity index (χ3n) is 6.28. The van der Waals surface area contributed by atoms with Gasteiger partial charge < -0.3 is 10.2 Å². The molecule has 8 heteroatoms. The van der Waals surface area contributed by atoms with Crippen molar-refractivity contribution in [1.82, 2.24) is 9.97 Å². The van der Waals surface area contributed by atoms with Crippen molar-refractivity contribution in [3.8, 4) is 11.1 Å². The summed E-state index contributed by atoms with van der Waals surface area (Å²) in [6.07, 6.45) is 2.39. The number of carbonyl (C=O) groups is 1. The van der Waals surface area contributed by atoms with Gasteiger partial charge in [0.05, 0.1) is 11.3 Å². The molecular weight excluding hydrogens is 465 g/mol. The number of nitrogens with one attached hydrogen (secondary N) is 1. The molecule has 5 nitrogen and oxygen atoms in total. The van der Waals surface area contributed by atoms with Gasteiger partial charge in [0.25, 0.3) is 5.91 Å². The minimum atomic E-state index is -4.41. The first kappa shape index (κ1) is 23.5. The summed E-state index contributed by atoms with van der Waals surface area (Å²) in [6.45, 7) is 1.72. The van der Waals surface area contributed by atoms with Gasteiger partial charge >= 0.3 is 6.18 Å². The van der Waals surface area contributed by atoms with Crippen LogP contribution in [0.2, 0.25) is 0 Å². The fourth-order valence-corrected chi connectivity index (χ4v) is 4.46. The fourth-order valence-electron chi connectivity index (χ4n) is 4.46. The lowest BCUT2D eigenvalue weighted by Crippen LogP contribution is -2.23. The van der Waals surface area contributed by atoms with E-state index in [0.29, 0.717) is 22.4 Å². The normalized spacial score (nSPS) is 12.9. The predicted molar refractivity (Wildman–Crippen MR) is 133 cm³/mol. The van der Waals surface area contributed by atoms with Crippen LogP contribution in [0.3, 0.4) is 0 Å². The Kier molecular flexibility index (Phi) is 6.41. The van der Waals surface area contributed by atoms with Crippen molar-refractivity contribution in [3.63, 3.8) is 0 Å². The largest absolute Gasteiger partial charge is 0.416 e. The first-order chi connectivity index (χ1) is 17.4. The number of carbonyl (C=O) groups excluding carboxylic acids is 1. The molecule has 0 saturated heterocycles. The zero-order valence-corrected chi connectivity index (χ0v) is 19.3. The maximum atomic E-state index is 13.1. The van der Waals surface area contributed by atoms with E-state index in [-0.39, 0.29) is 5.91 Å². The van der Waals surface area contributed by atoms with E-state index >= 15 is 0 Å². The van der Waals surface area contributed by atoms with E-state index in [1.165, 1.54) is 12.1 Å². The Hall–Kier alpha value is -4.20. The molecule has 0 bridgehead atoms. The Labute approximate surface area is 206 Å². The molecule has 1 aromatic heterocycles. The lowest BCUT2D eigenvalue weighted by molar-refractivity contribution is -0.137. The van der Waals surface area contributed by atoms with Gasteiger partial charge in [-0.25, -0.2) is 0 Å². The first-order valence-electron chi connectivity index (χ1n) is 11.6. The highest BCUT2D eigenvalue weighted by Gasteiger charge is 2.30.